The van der Waals surface area contributed by atoms with Gasteiger partial charge < -0.3 is 29.6 Å². The van der Waals surface area contributed by atoms with Gasteiger partial charge in [0.2, 0.25) is 0 Å². The topological polar surface area (TPSA) is 98.4 Å². The molecule has 41 heavy (non-hydrogen) atoms. The highest BCUT2D eigenvalue weighted by molar-refractivity contribution is 5.68. The van der Waals surface area contributed by atoms with Gasteiger partial charge in [0, 0.05) is 25.2 Å². The summed E-state index contributed by atoms with van der Waals surface area (Å²) in [5.41, 5.74) is 0.897. The number of amides is 2. The van der Waals surface area contributed by atoms with Gasteiger partial charge in [-0.1, -0.05) is 31.2 Å². The maximum atomic E-state index is 12.8. The average molecular weight is 572 g/mol. The first-order chi connectivity index (χ1) is 19.2. The fourth-order valence-corrected chi connectivity index (χ4v) is 4.32. The van der Waals surface area contributed by atoms with Crippen molar-refractivity contribution in [2.75, 3.05) is 33.9 Å². The molecule has 2 N–H and O–H groups in total. The van der Waals surface area contributed by atoms with Crippen molar-refractivity contribution < 1.29 is 28.5 Å². The van der Waals surface area contributed by atoms with Crippen LogP contribution in [0.15, 0.2) is 48.5 Å². The first-order valence-corrected chi connectivity index (χ1v) is 14.2. The Morgan fingerprint density at radius 3 is 1.29 bits per heavy atom. The molecule has 9 heteroatoms. The van der Waals surface area contributed by atoms with Crippen LogP contribution in [0.5, 0.6) is 11.5 Å². The van der Waals surface area contributed by atoms with Gasteiger partial charge in [0.15, 0.2) is 0 Å². The zero-order valence-corrected chi connectivity index (χ0v) is 26.2. The predicted octanol–water partition coefficient (Wildman–Crippen LogP) is 5.60. The van der Waals surface area contributed by atoms with Crippen molar-refractivity contribution in [2.24, 2.45) is 0 Å². The molecule has 2 aromatic rings. The summed E-state index contributed by atoms with van der Waals surface area (Å²) in [4.78, 5) is 27.8. The van der Waals surface area contributed by atoms with Crippen molar-refractivity contribution in [2.45, 2.75) is 84.6 Å². The molecule has 9 nitrogen and oxygen atoms in total. The molecule has 0 aliphatic carbocycles. The minimum atomic E-state index is -0.611. The van der Waals surface area contributed by atoms with Crippen LogP contribution in [0.3, 0.4) is 0 Å². The van der Waals surface area contributed by atoms with Crippen molar-refractivity contribution in [3.63, 3.8) is 0 Å². The zero-order valence-electron chi connectivity index (χ0n) is 26.2. The van der Waals surface area contributed by atoms with Gasteiger partial charge in [-0.3, -0.25) is 4.90 Å². The average Bonchev–Trinajstić information content (AvgIpc) is 2.86. The summed E-state index contributed by atoms with van der Waals surface area (Å²) in [7, 11) is 3.27. The molecule has 0 spiro atoms. The molecular formula is C32H49N3O6. The number of hydrogen-bond acceptors (Lipinski definition) is 7. The molecule has 228 valence electrons. The Hall–Kier alpha value is -3.46. The predicted molar refractivity (Wildman–Crippen MR) is 162 cm³/mol. The van der Waals surface area contributed by atoms with Crippen LogP contribution in [0.2, 0.25) is 0 Å². The lowest BCUT2D eigenvalue weighted by molar-refractivity contribution is 0.0483. The normalized spacial score (nSPS) is 13.2. The Morgan fingerprint density at radius 1 is 0.683 bits per heavy atom. The molecule has 0 saturated carbocycles. The third-order valence-electron chi connectivity index (χ3n) is 6.13. The number of methoxy groups -OCH3 is 2. The SMILES string of the molecule is CCN(CC(Cc1ccc(OC)cc1)NC(=O)OC(C)(C)C)C[C@H](Cc1ccc(OC)cc1)NC(=O)OC(C)(C)C. The Morgan fingerprint density at radius 2 is 1.02 bits per heavy atom. The standard InChI is InChI=1S/C32H49N3O6/c1-10-35(21-25(33-29(36)40-31(2,3)4)19-23-11-15-27(38-8)16-12-23)22-26(34-30(37)41-32(5,6)7)20-24-13-17-28(39-9)18-14-24/h11-18,25-26H,10,19-22H2,1-9H3,(H,33,36)(H,34,37)/t25-,26?/m0/s1. The van der Waals surface area contributed by atoms with Crippen molar-refractivity contribution in [3.8, 4) is 11.5 Å². The molecule has 0 radical (unpaired) electrons. The van der Waals surface area contributed by atoms with E-state index < -0.39 is 23.4 Å². The number of hydrogen-bond donors (Lipinski definition) is 2. The summed E-state index contributed by atoms with van der Waals surface area (Å²) in [5, 5.41) is 6.13. The van der Waals surface area contributed by atoms with Gasteiger partial charge in [0.05, 0.1) is 14.2 Å². The van der Waals surface area contributed by atoms with E-state index in [9.17, 15) is 9.59 Å². The molecule has 0 saturated heterocycles. The molecule has 2 aromatic carbocycles. The molecule has 0 fully saturated rings. The molecule has 0 aliphatic rings. The Bertz CT molecular complexity index is 989. The van der Waals surface area contributed by atoms with Gasteiger partial charge in [0.1, 0.15) is 22.7 Å². The fourth-order valence-electron chi connectivity index (χ4n) is 4.32. The second-order valence-corrected chi connectivity index (χ2v) is 12.1. The number of alkyl carbamates (subject to hydrolysis) is 2. The van der Waals surface area contributed by atoms with Crippen LogP contribution >= 0.6 is 0 Å². The quantitative estimate of drug-likeness (QED) is 0.323. The third-order valence-corrected chi connectivity index (χ3v) is 6.13. The Labute approximate surface area is 245 Å². The minimum absolute atomic E-state index is 0.235. The number of nitrogens with one attached hydrogen (secondary N) is 2. The van der Waals surface area contributed by atoms with Crippen LogP contribution in [0.25, 0.3) is 0 Å². The summed E-state index contributed by atoms with van der Waals surface area (Å²) < 4.78 is 21.7. The molecular weight excluding hydrogens is 522 g/mol. The number of ether oxygens (including phenoxy) is 4. The van der Waals surface area contributed by atoms with Crippen LogP contribution in [0.4, 0.5) is 9.59 Å². The number of rotatable bonds is 13. The van der Waals surface area contributed by atoms with Crippen LogP contribution in [0, 0.1) is 0 Å². The highest BCUT2D eigenvalue weighted by atomic mass is 16.6. The van der Waals surface area contributed by atoms with E-state index in [4.69, 9.17) is 18.9 Å². The van der Waals surface area contributed by atoms with Crippen LogP contribution in [0.1, 0.15) is 59.6 Å². The van der Waals surface area contributed by atoms with E-state index in [1.54, 1.807) is 14.2 Å². The molecule has 2 amide bonds. The second kappa shape index (κ2) is 15.5. The Balaban J connectivity index is 2.23. The van der Waals surface area contributed by atoms with E-state index in [1.165, 1.54) is 0 Å². The molecule has 2 rings (SSSR count). The Kier molecular flexibility index (Phi) is 12.8. The van der Waals surface area contributed by atoms with Crippen molar-refractivity contribution in [1.82, 2.24) is 15.5 Å². The number of carbonyl (C=O) groups is 2. The highest BCUT2D eigenvalue weighted by Crippen LogP contribution is 2.16. The van der Waals surface area contributed by atoms with Crippen LogP contribution < -0.4 is 20.1 Å². The molecule has 0 bridgehead atoms. The van der Waals surface area contributed by atoms with Gasteiger partial charge in [-0.25, -0.2) is 9.59 Å². The number of nitrogens with zero attached hydrogens (tertiary/aromatic N) is 1. The molecule has 0 aromatic heterocycles. The molecule has 2 atom stereocenters. The van der Waals surface area contributed by atoms with E-state index in [-0.39, 0.29) is 12.1 Å². The van der Waals surface area contributed by atoms with Crippen molar-refractivity contribution >= 4 is 12.2 Å². The summed E-state index contributed by atoms with van der Waals surface area (Å²) in [5.74, 6) is 1.55. The van der Waals surface area contributed by atoms with E-state index in [0.717, 1.165) is 22.6 Å². The summed E-state index contributed by atoms with van der Waals surface area (Å²) in [6.07, 6.45) is 0.271. The van der Waals surface area contributed by atoms with E-state index in [0.29, 0.717) is 32.5 Å². The number of likely N-dealkylation sites (N-methyl/N-ethyl adjacent to an activating group) is 1. The van der Waals surface area contributed by atoms with Crippen molar-refractivity contribution in [1.29, 1.82) is 0 Å². The maximum Gasteiger partial charge on any atom is 0.407 e. The van der Waals surface area contributed by atoms with Crippen molar-refractivity contribution in [3.05, 3.63) is 59.7 Å². The lowest BCUT2D eigenvalue weighted by atomic mass is 10.0. The van der Waals surface area contributed by atoms with Crippen LogP contribution in [-0.4, -0.2) is 74.2 Å². The lowest BCUT2D eigenvalue weighted by Gasteiger charge is -2.32. The molecule has 0 heterocycles. The number of carbonyl (C=O) groups excluding carboxylic acids is 2. The van der Waals surface area contributed by atoms with Gasteiger partial charge in [-0.2, -0.15) is 0 Å². The number of benzene rings is 2. The fraction of sp³-hybridized carbons (Fsp3) is 0.562. The lowest BCUT2D eigenvalue weighted by Crippen LogP contribution is -2.51. The van der Waals surface area contributed by atoms with Gasteiger partial charge in [-0.05, 0) is 96.3 Å². The summed E-state index contributed by atoms with van der Waals surface area (Å²) in [6.45, 7) is 14.9. The van der Waals surface area contributed by atoms with Gasteiger partial charge in [-0.15, -0.1) is 0 Å². The molecule has 1 unspecified atom stereocenters. The van der Waals surface area contributed by atoms with Crippen LogP contribution in [-0.2, 0) is 22.3 Å². The summed E-state index contributed by atoms with van der Waals surface area (Å²) in [6, 6.07) is 15.2. The van der Waals surface area contributed by atoms with E-state index >= 15 is 0 Å². The van der Waals surface area contributed by atoms with Gasteiger partial charge in [0.25, 0.3) is 0 Å². The third kappa shape index (κ3) is 13.6. The highest BCUT2D eigenvalue weighted by Gasteiger charge is 2.25. The molecule has 0 aliphatic heterocycles. The maximum absolute atomic E-state index is 12.8. The zero-order chi connectivity index (χ0) is 30.6. The summed E-state index contributed by atoms with van der Waals surface area (Å²) >= 11 is 0. The first-order valence-electron chi connectivity index (χ1n) is 14.2. The monoisotopic (exact) mass is 571 g/mol. The first kappa shape index (κ1) is 33.7. The smallest absolute Gasteiger partial charge is 0.407 e. The largest absolute Gasteiger partial charge is 0.497 e. The van der Waals surface area contributed by atoms with E-state index in [2.05, 4.69) is 22.5 Å². The van der Waals surface area contributed by atoms with Gasteiger partial charge >= 0.3 is 12.2 Å². The second-order valence-electron chi connectivity index (χ2n) is 12.1. The van der Waals surface area contributed by atoms with E-state index in [1.807, 2.05) is 90.1 Å². The minimum Gasteiger partial charge on any atom is -0.497 e.